The highest BCUT2D eigenvalue weighted by Gasteiger charge is 2.17. The molecule has 146 valence electrons. The Balaban J connectivity index is 1.53. The molecular weight excluding hydrogens is 432 g/mol. The standard InChI is InChI=1S/C23H25BrN2OS/c1-2-7-18(23(27)25-20-9-4-3-5-10-20)8-6-11-22-26-21(16-28-22)17-12-14-19(24)15-13-17/h3-5,9-10,12-16,18H,2,6-8,11H2,1H3,(H,25,27). The number of benzene rings is 2. The Kier molecular flexibility index (Phi) is 7.80. The molecule has 0 radical (unpaired) electrons. The molecular formula is C23H25BrN2OS. The zero-order chi connectivity index (χ0) is 19.8. The topological polar surface area (TPSA) is 42.0 Å². The number of hydrogen-bond donors (Lipinski definition) is 1. The molecule has 3 rings (SSSR count). The van der Waals surface area contributed by atoms with Gasteiger partial charge in [0, 0.05) is 27.0 Å². The van der Waals surface area contributed by atoms with Gasteiger partial charge in [-0.1, -0.05) is 59.6 Å². The third kappa shape index (κ3) is 6.01. The molecule has 0 bridgehead atoms. The quantitative estimate of drug-likeness (QED) is 0.378. The van der Waals surface area contributed by atoms with Crippen molar-refractivity contribution >= 4 is 38.9 Å². The number of para-hydroxylation sites is 1. The Hall–Kier alpha value is -1.98. The molecule has 0 spiro atoms. The highest BCUT2D eigenvalue weighted by molar-refractivity contribution is 9.10. The van der Waals surface area contributed by atoms with E-state index in [1.807, 2.05) is 42.5 Å². The number of hydrogen-bond acceptors (Lipinski definition) is 3. The fraction of sp³-hybridized carbons (Fsp3) is 0.304. The Labute approximate surface area is 179 Å². The largest absolute Gasteiger partial charge is 0.326 e. The molecule has 0 aliphatic carbocycles. The maximum absolute atomic E-state index is 12.6. The number of rotatable bonds is 9. The number of carbonyl (C=O) groups is 1. The number of aromatic nitrogens is 1. The van der Waals surface area contributed by atoms with Crippen LogP contribution >= 0.6 is 27.3 Å². The molecule has 3 nitrogen and oxygen atoms in total. The summed E-state index contributed by atoms with van der Waals surface area (Å²) in [6.45, 7) is 2.13. The molecule has 5 heteroatoms. The zero-order valence-corrected chi connectivity index (χ0v) is 18.4. The van der Waals surface area contributed by atoms with E-state index in [0.29, 0.717) is 0 Å². The molecule has 0 aliphatic heterocycles. The van der Waals surface area contributed by atoms with Crippen molar-refractivity contribution in [3.05, 3.63) is 69.5 Å². The summed E-state index contributed by atoms with van der Waals surface area (Å²) in [5.74, 6) is 0.179. The molecule has 1 amide bonds. The lowest BCUT2D eigenvalue weighted by Crippen LogP contribution is -2.23. The Morgan fingerprint density at radius 2 is 1.86 bits per heavy atom. The highest BCUT2D eigenvalue weighted by atomic mass is 79.9. The fourth-order valence-electron chi connectivity index (χ4n) is 3.20. The molecule has 0 aliphatic rings. The minimum Gasteiger partial charge on any atom is -0.326 e. The van der Waals surface area contributed by atoms with E-state index in [1.54, 1.807) is 11.3 Å². The van der Waals surface area contributed by atoms with E-state index in [9.17, 15) is 4.79 Å². The summed E-state index contributed by atoms with van der Waals surface area (Å²) in [7, 11) is 0. The molecule has 1 aromatic heterocycles. The van der Waals surface area contributed by atoms with Gasteiger partial charge >= 0.3 is 0 Å². The van der Waals surface area contributed by atoms with Gasteiger partial charge in [0.1, 0.15) is 0 Å². The first-order chi connectivity index (χ1) is 13.7. The molecule has 0 saturated heterocycles. The molecule has 3 aromatic rings. The number of nitrogens with one attached hydrogen (secondary N) is 1. The van der Waals surface area contributed by atoms with Crippen LogP contribution in [-0.2, 0) is 11.2 Å². The summed E-state index contributed by atoms with van der Waals surface area (Å²) in [5.41, 5.74) is 3.03. The van der Waals surface area contributed by atoms with Crippen LogP contribution in [0.4, 0.5) is 5.69 Å². The van der Waals surface area contributed by atoms with Crippen LogP contribution in [0.1, 0.15) is 37.6 Å². The Bertz CT molecular complexity index is 877. The zero-order valence-electron chi connectivity index (χ0n) is 16.0. The van der Waals surface area contributed by atoms with Gasteiger partial charge in [0.05, 0.1) is 10.7 Å². The maximum atomic E-state index is 12.6. The summed E-state index contributed by atoms with van der Waals surface area (Å²) >= 11 is 5.17. The minimum absolute atomic E-state index is 0.0520. The van der Waals surface area contributed by atoms with E-state index in [-0.39, 0.29) is 11.8 Å². The molecule has 1 unspecified atom stereocenters. The van der Waals surface area contributed by atoms with Crippen LogP contribution < -0.4 is 5.32 Å². The van der Waals surface area contributed by atoms with Crippen molar-refractivity contribution < 1.29 is 4.79 Å². The van der Waals surface area contributed by atoms with Crippen LogP contribution in [0.25, 0.3) is 11.3 Å². The van der Waals surface area contributed by atoms with Gasteiger partial charge in [0.15, 0.2) is 0 Å². The number of anilines is 1. The lowest BCUT2D eigenvalue weighted by atomic mass is 9.96. The second-order valence-corrected chi connectivity index (χ2v) is 8.72. The SMILES string of the molecule is CCCC(CCCc1nc(-c2ccc(Br)cc2)cs1)C(=O)Nc1ccccc1. The monoisotopic (exact) mass is 456 g/mol. The lowest BCUT2D eigenvalue weighted by molar-refractivity contribution is -0.120. The van der Waals surface area contributed by atoms with E-state index in [1.165, 1.54) is 0 Å². The average Bonchev–Trinajstić information content (AvgIpc) is 3.17. The van der Waals surface area contributed by atoms with Crippen LogP contribution in [0.3, 0.4) is 0 Å². The van der Waals surface area contributed by atoms with Gasteiger partial charge in [-0.25, -0.2) is 4.98 Å². The van der Waals surface area contributed by atoms with Crippen LogP contribution in [0.5, 0.6) is 0 Å². The number of thiazole rings is 1. The first-order valence-electron chi connectivity index (χ1n) is 9.72. The van der Waals surface area contributed by atoms with Gasteiger partial charge in [0.25, 0.3) is 0 Å². The molecule has 0 fully saturated rings. The van der Waals surface area contributed by atoms with Crippen molar-refractivity contribution in [2.24, 2.45) is 5.92 Å². The summed E-state index contributed by atoms with van der Waals surface area (Å²) in [4.78, 5) is 17.4. The molecule has 1 N–H and O–H groups in total. The summed E-state index contributed by atoms with van der Waals surface area (Å²) in [5, 5.41) is 6.30. The predicted octanol–water partition coefficient (Wildman–Crippen LogP) is 6.95. The first-order valence-corrected chi connectivity index (χ1v) is 11.4. The number of aryl methyl sites for hydroxylation is 1. The van der Waals surface area contributed by atoms with Crippen molar-refractivity contribution in [2.45, 2.75) is 39.0 Å². The van der Waals surface area contributed by atoms with Gasteiger partial charge in [-0.05, 0) is 49.9 Å². The summed E-state index contributed by atoms with van der Waals surface area (Å²) in [6.07, 6.45) is 4.71. The summed E-state index contributed by atoms with van der Waals surface area (Å²) in [6, 6.07) is 17.9. The first kappa shape index (κ1) is 20.7. The predicted molar refractivity (Wildman–Crippen MR) is 122 cm³/mol. The fourth-order valence-corrected chi connectivity index (χ4v) is 4.31. The van der Waals surface area contributed by atoms with E-state index in [0.717, 1.165) is 58.5 Å². The highest BCUT2D eigenvalue weighted by Crippen LogP contribution is 2.25. The maximum Gasteiger partial charge on any atom is 0.227 e. The average molecular weight is 457 g/mol. The van der Waals surface area contributed by atoms with Crippen LogP contribution in [0.2, 0.25) is 0 Å². The number of halogens is 1. The van der Waals surface area contributed by atoms with E-state index in [4.69, 9.17) is 4.98 Å². The van der Waals surface area contributed by atoms with Gasteiger partial charge in [-0.15, -0.1) is 11.3 Å². The lowest BCUT2D eigenvalue weighted by Gasteiger charge is -2.15. The van der Waals surface area contributed by atoms with Crippen molar-refractivity contribution in [1.29, 1.82) is 0 Å². The van der Waals surface area contributed by atoms with Gasteiger partial charge in [0.2, 0.25) is 5.91 Å². The van der Waals surface area contributed by atoms with Gasteiger partial charge < -0.3 is 5.32 Å². The van der Waals surface area contributed by atoms with Crippen LogP contribution in [0.15, 0.2) is 64.5 Å². The third-order valence-corrected chi connectivity index (χ3v) is 6.12. The van der Waals surface area contributed by atoms with Gasteiger partial charge in [-0.3, -0.25) is 4.79 Å². The minimum atomic E-state index is 0.0520. The molecule has 1 heterocycles. The molecule has 2 aromatic carbocycles. The molecule has 28 heavy (non-hydrogen) atoms. The van der Waals surface area contributed by atoms with Crippen molar-refractivity contribution in [2.75, 3.05) is 5.32 Å². The van der Waals surface area contributed by atoms with E-state index >= 15 is 0 Å². The van der Waals surface area contributed by atoms with E-state index in [2.05, 4.69) is 45.7 Å². The number of carbonyl (C=O) groups excluding carboxylic acids is 1. The van der Waals surface area contributed by atoms with Gasteiger partial charge in [-0.2, -0.15) is 0 Å². The van der Waals surface area contributed by atoms with Crippen LogP contribution in [0, 0.1) is 5.92 Å². The second-order valence-electron chi connectivity index (χ2n) is 6.87. The number of nitrogens with zero attached hydrogens (tertiary/aromatic N) is 1. The Morgan fingerprint density at radius 1 is 1.11 bits per heavy atom. The molecule has 1 atom stereocenters. The molecule has 0 saturated carbocycles. The van der Waals surface area contributed by atoms with E-state index < -0.39 is 0 Å². The van der Waals surface area contributed by atoms with Crippen LogP contribution in [-0.4, -0.2) is 10.9 Å². The van der Waals surface area contributed by atoms with Crippen molar-refractivity contribution in [3.63, 3.8) is 0 Å². The third-order valence-electron chi connectivity index (χ3n) is 4.68. The second kappa shape index (κ2) is 10.5. The van der Waals surface area contributed by atoms with Crippen molar-refractivity contribution in [1.82, 2.24) is 4.98 Å². The smallest absolute Gasteiger partial charge is 0.227 e. The summed E-state index contributed by atoms with van der Waals surface area (Å²) < 4.78 is 1.07. The Morgan fingerprint density at radius 3 is 2.57 bits per heavy atom. The normalized spacial score (nSPS) is 11.9. The van der Waals surface area contributed by atoms with Crippen molar-refractivity contribution in [3.8, 4) is 11.3 Å². The number of amides is 1.